The maximum Gasteiger partial charge on any atom is 0.516 e. The highest BCUT2D eigenvalue weighted by Gasteiger charge is 2.16. The second-order valence-corrected chi connectivity index (χ2v) is 4.49. The van der Waals surface area contributed by atoms with Gasteiger partial charge in [-0.3, -0.25) is 10.1 Å². The first-order valence-corrected chi connectivity index (χ1v) is 6.92. The summed E-state index contributed by atoms with van der Waals surface area (Å²) in [4.78, 5) is 32.5. The number of unbranched alkanes of at least 4 members (excludes halogenated alkanes) is 1. The Kier molecular flexibility index (Phi) is 7.38. The van der Waals surface area contributed by atoms with Crippen molar-refractivity contribution in [2.75, 3.05) is 6.61 Å². The molecule has 0 amide bonds. The molecule has 124 valence electrons. The molecule has 0 fully saturated rings. The first-order chi connectivity index (χ1) is 10.9. The number of carbonyl (C=O) groups is 2. The first-order valence-electron chi connectivity index (χ1n) is 6.92. The van der Waals surface area contributed by atoms with Gasteiger partial charge in [0.15, 0.2) is 0 Å². The minimum Gasteiger partial charge on any atom is -0.434 e. The summed E-state index contributed by atoms with van der Waals surface area (Å²) in [6, 6.07) is 3.10. The van der Waals surface area contributed by atoms with Crippen molar-refractivity contribution in [3.8, 4) is 0 Å². The van der Waals surface area contributed by atoms with Gasteiger partial charge in [0.2, 0.25) is 0 Å². The van der Waals surface area contributed by atoms with E-state index in [0.29, 0.717) is 6.42 Å². The number of benzene rings is 1. The van der Waals surface area contributed by atoms with Gasteiger partial charge in [-0.2, -0.15) is 0 Å². The molecule has 1 aromatic carbocycles. The van der Waals surface area contributed by atoms with Crippen LogP contribution in [0.15, 0.2) is 30.4 Å². The molecular formula is C15H16FNO6. The Morgan fingerprint density at radius 2 is 2.13 bits per heavy atom. The molecule has 1 rings (SSSR count). The predicted octanol–water partition coefficient (Wildman–Crippen LogP) is 3.31. The quantitative estimate of drug-likeness (QED) is 0.251. The molecule has 0 spiro atoms. The first kappa shape index (κ1) is 18.3. The number of nitrogens with zero attached hydrogens (tertiary/aromatic N) is 1. The molecule has 23 heavy (non-hydrogen) atoms. The number of rotatable bonds is 7. The smallest absolute Gasteiger partial charge is 0.434 e. The molecule has 0 atom stereocenters. The average molecular weight is 325 g/mol. The van der Waals surface area contributed by atoms with Crippen LogP contribution >= 0.6 is 0 Å². The summed E-state index contributed by atoms with van der Waals surface area (Å²) in [5, 5.41) is 10.8. The Labute approximate surface area is 131 Å². The van der Waals surface area contributed by atoms with Crippen molar-refractivity contribution < 1.29 is 28.4 Å². The minimum atomic E-state index is -1.19. The summed E-state index contributed by atoms with van der Waals surface area (Å²) in [6.45, 7) is 1.69. The van der Waals surface area contributed by atoms with Gasteiger partial charge in [0, 0.05) is 18.1 Å². The highest BCUT2D eigenvalue weighted by Crippen LogP contribution is 2.20. The topological polar surface area (TPSA) is 95.7 Å². The standard InChI is InChI=1S/C15H16FNO6/c1-2-3-4-5-14(18)23-15(19)22-9-8-11-6-7-12(16)10-13(11)17(20)21/h4-7,10H,2-3,8-9H2,1H3. The Morgan fingerprint density at radius 1 is 1.39 bits per heavy atom. The molecule has 0 saturated heterocycles. The van der Waals surface area contributed by atoms with Crippen LogP contribution in [0, 0.1) is 15.9 Å². The predicted molar refractivity (Wildman–Crippen MR) is 78.2 cm³/mol. The van der Waals surface area contributed by atoms with E-state index in [9.17, 15) is 24.1 Å². The fraction of sp³-hybridized carbons (Fsp3) is 0.333. The summed E-state index contributed by atoms with van der Waals surface area (Å²) in [7, 11) is 0. The molecule has 7 nitrogen and oxygen atoms in total. The van der Waals surface area contributed by atoms with Crippen molar-refractivity contribution in [1.82, 2.24) is 0 Å². The van der Waals surface area contributed by atoms with Crippen LogP contribution in [0.2, 0.25) is 0 Å². The molecule has 0 aliphatic carbocycles. The summed E-state index contributed by atoms with van der Waals surface area (Å²) in [5.41, 5.74) is -0.195. The van der Waals surface area contributed by atoms with Crippen LogP contribution in [0.4, 0.5) is 14.9 Å². The molecule has 8 heteroatoms. The van der Waals surface area contributed by atoms with E-state index in [-0.39, 0.29) is 18.6 Å². The van der Waals surface area contributed by atoms with Crippen molar-refractivity contribution in [2.24, 2.45) is 0 Å². The number of carbonyl (C=O) groups excluding carboxylic acids is 2. The van der Waals surface area contributed by atoms with Gasteiger partial charge in [0.05, 0.1) is 17.6 Å². The van der Waals surface area contributed by atoms with Crippen molar-refractivity contribution in [2.45, 2.75) is 26.2 Å². The van der Waals surface area contributed by atoms with Gasteiger partial charge in [-0.25, -0.2) is 14.0 Å². The van der Waals surface area contributed by atoms with E-state index in [1.54, 1.807) is 6.08 Å². The molecule has 0 aliphatic rings. The van der Waals surface area contributed by atoms with Crippen molar-refractivity contribution >= 4 is 17.8 Å². The van der Waals surface area contributed by atoms with E-state index >= 15 is 0 Å². The second-order valence-electron chi connectivity index (χ2n) is 4.49. The number of nitro benzene ring substituents is 1. The number of hydrogen-bond acceptors (Lipinski definition) is 6. The van der Waals surface area contributed by atoms with Crippen LogP contribution in [0.3, 0.4) is 0 Å². The lowest BCUT2D eigenvalue weighted by Gasteiger charge is -2.05. The maximum absolute atomic E-state index is 13.0. The third-order valence-corrected chi connectivity index (χ3v) is 2.73. The van der Waals surface area contributed by atoms with Crippen molar-refractivity contribution in [3.63, 3.8) is 0 Å². The van der Waals surface area contributed by atoms with E-state index < -0.39 is 28.6 Å². The normalized spacial score (nSPS) is 10.5. The van der Waals surface area contributed by atoms with Crippen LogP contribution in [-0.2, 0) is 20.7 Å². The largest absolute Gasteiger partial charge is 0.516 e. The molecule has 0 radical (unpaired) electrons. The van der Waals surface area contributed by atoms with Gasteiger partial charge in [0.25, 0.3) is 5.69 Å². The Bertz CT molecular complexity index is 614. The summed E-state index contributed by atoms with van der Waals surface area (Å²) < 4.78 is 22.0. The third kappa shape index (κ3) is 6.68. The lowest BCUT2D eigenvalue weighted by Crippen LogP contribution is -2.14. The molecular weight excluding hydrogens is 309 g/mol. The third-order valence-electron chi connectivity index (χ3n) is 2.73. The number of ether oxygens (including phenoxy) is 2. The summed E-state index contributed by atoms with van der Waals surface area (Å²) in [5.74, 6) is -1.58. The highest BCUT2D eigenvalue weighted by atomic mass is 19.1. The van der Waals surface area contributed by atoms with Gasteiger partial charge in [-0.05, 0) is 18.6 Å². The molecule has 0 saturated carbocycles. The van der Waals surface area contributed by atoms with Crippen LogP contribution in [0.5, 0.6) is 0 Å². The minimum absolute atomic E-state index is 0.00838. The molecule has 0 aromatic heterocycles. The monoisotopic (exact) mass is 325 g/mol. The average Bonchev–Trinajstić information content (AvgIpc) is 2.48. The fourth-order valence-corrected chi connectivity index (χ4v) is 1.65. The zero-order chi connectivity index (χ0) is 17.2. The van der Waals surface area contributed by atoms with E-state index in [1.165, 1.54) is 6.07 Å². The zero-order valence-electron chi connectivity index (χ0n) is 12.5. The summed E-state index contributed by atoms with van der Waals surface area (Å²) in [6.07, 6.45) is 3.02. The van der Waals surface area contributed by atoms with Gasteiger partial charge in [0.1, 0.15) is 5.82 Å². The molecule has 0 unspecified atom stereocenters. The second kappa shape index (κ2) is 9.29. The number of esters is 1. The maximum atomic E-state index is 13.0. The van der Waals surface area contributed by atoms with Gasteiger partial charge < -0.3 is 9.47 Å². The van der Waals surface area contributed by atoms with E-state index in [0.717, 1.165) is 24.6 Å². The molecule has 0 aliphatic heterocycles. The Hall–Kier alpha value is -2.77. The zero-order valence-corrected chi connectivity index (χ0v) is 12.5. The lowest BCUT2D eigenvalue weighted by molar-refractivity contribution is -0.385. The number of nitro groups is 1. The fourth-order valence-electron chi connectivity index (χ4n) is 1.65. The highest BCUT2D eigenvalue weighted by molar-refractivity contribution is 5.89. The Balaban J connectivity index is 2.46. The summed E-state index contributed by atoms with van der Waals surface area (Å²) >= 11 is 0. The van der Waals surface area contributed by atoms with E-state index in [1.807, 2.05) is 6.92 Å². The number of allylic oxidation sites excluding steroid dienone is 1. The molecule has 1 aromatic rings. The molecule has 0 heterocycles. The number of hydrogen-bond donors (Lipinski definition) is 0. The molecule has 0 bridgehead atoms. The van der Waals surface area contributed by atoms with Crippen LogP contribution in [0.25, 0.3) is 0 Å². The van der Waals surface area contributed by atoms with Crippen LogP contribution in [-0.4, -0.2) is 23.7 Å². The van der Waals surface area contributed by atoms with Gasteiger partial charge in [-0.1, -0.05) is 19.4 Å². The van der Waals surface area contributed by atoms with Gasteiger partial charge >= 0.3 is 12.1 Å². The lowest BCUT2D eigenvalue weighted by atomic mass is 10.1. The molecule has 0 N–H and O–H groups in total. The van der Waals surface area contributed by atoms with Crippen LogP contribution in [0.1, 0.15) is 25.3 Å². The number of halogens is 1. The van der Waals surface area contributed by atoms with E-state index in [4.69, 9.17) is 0 Å². The SMILES string of the molecule is CCCC=CC(=O)OC(=O)OCCc1ccc(F)cc1[N+](=O)[O-]. The van der Waals surface area contributed by atoms with Gasteiger partial charge in [-0.15, -0.1) is 0 Å². The van der Waals surface area contributed by atoms with E-state index in [2.05, 4.69) is 9.47 Å². The van der Waals surface area contributed by atoms with Crippen molar-refractivity contribution in [1.29, 1.82) is 0 Å². The van der Waals surface area contributed by atoms with Crippen molar-refractivity contribution in [3.05, 3.63) is 51.8 Å². The van der Waals surface area contributed by atoms with Crippen LogP contribution < -0.4 is 0 Å². The Morgan fingerprint density at radius 3 is 2.78 bits per heavy atom.